The van der Waals surface area contributed by atoms with E-state index in [-0.39, 0.29) is 16.5 Å². The lowest BCUT2D eigenvalue weighted by Gasteiger charge is -2.10. The van der Waals surface area contributed by atoms with E-state index in [1.165, 1.54) is 0 Å². The van der Waals surface area contributed by atoms with Crippen LogP contribution in [0.2, 0.25) is 10.0 Å². The molecule has 0 aliphatic rings. The van der Waals surface area contributed by atoms with Crippen molar-refractivity contribution in [3.63, 3.8) is 0 Å². The van der Waals surface area contributed by atoms with Gasteiger partial charge in [0.05, 0.1) is 16.7 Å². The number of sulfonamides is 1. The lowest BCUT2D eigenvalue weighted by Crippen LogP contribution is -2.33. The molecule has 0 saturated carbocycles. The highest BCUT2D eigenvalue weighted by atomic mass is 35.5. The minimum Gasteiger partial charge on any atom is -0.383 e. The molecule has 5 nitrogen and oxygen atoms in total. The molecule has 20 heavy (non-hydrogen) atoms. The molecule has 0 radical (unpaired) electrons. The first kappa shape index (κ1) is 17.6. The zero-order valence-corrected chi connectivity index (χ0v) is 13.1. The van der Waals surface area contributed by atoms with Gasteiger partial charge in [-0.15, -0.1) is 0 Å². The highest BCUT2D eigenvalue weighted by Gasteiger charge is 2.21. The summed E-state index contributed by atoms with van der Waals surface area (Å²) in [5.41, 5.74) is 0. The van der Waals surface area contributed by atoms with Crippen molar-refractivity contribution in [3.05, 3.63) is 28.0 Å². The molecule has 0 atom stereocenters. The monoisotopic (exact) mass is 344 g/mol. The first-order valence-corrected chi connectivity index (χ1v) is 7.97. The predicted octanol–water partition coefficient (Wildman–Crippen LogP) is 1.65. The maximum atomic E-state index is 13.5. The Hall–Kier alpha value is -0.440. The van der Waals surface area contributed by atoms with E-state index >= 15 is 0 Å². The number of nitrogens with one attached hydrogen (secondary N) is 2. The van der Waals surface area contributed by atoms with Gasteiger partial charge in [-0.2, -0.15) is 0 Å². The summed E-state index contributed by atoms with van der Waals surface area (Å²) >= 11 is 11.2. The predicted molar refractivity (Wildman–Crippen MR) is 76.4 cm³/mol. The van der Waals surface area contributed by atoms with Crippen molar-refractivity contribution in [1.82, 2.24) is 10.0 Å². The van der Waals surface area contributed by atoms with Gasteiger partial charge in [-0.25, -0.2) is 17.5 Å². The number of rotatable bonds is 8. The van der Waals surface area contributed by atoms with E-state index in [0.717, 1.165) is 12.1 Å². The third-order valence-electron chi connectivity index (χ3n) is 2.37. The molecule has 1 rings (SSSR count). The third-order valence-corrected chi connectivity index (χ3v) is 4.64. The number of methoxy groups -OCH3 is 1. The zero-order valence-electron chi connectivity index (χ0n) is 10.8. The molecule has 0 bridgehead atoms. The fourth-order valence-corrected chi connectivity index (χ4v) is 3.14. The van der Waals surface area contributed by atoms with Gasteiger partial charge in [0.25, 0.3) is 0 Å². The lowest BCUT2D eigenvalue weighted by atomic mass is 10.3. The fraction of sp³-hybridized carbons (Fsp3) is 0.455. The van der Waals surface area contributed by atoms with Crippen molar-refractivity contribution in [1.29, 1.82) is 0 Å². The fourth-order valence-electron chi connectivity index (χ4n) is 1.37. The summed E-state index contributed by atoms with van der Waals surface area (Å²) in [5.74, 6) is -0.950. The van der Waals surface area contributed by atoms with Gasteiger partial charge >= 0.3 is 0 Å². The molecular formula is C11H15Cl2FN2O3S. The minimum atomic E-state index is -3.87. The Morgan fingerprint density at radius 1 is 1.25 bits per heavy atom. The standard InChI is InChI=1S/C11H15Cl2FN2O3S/c1-19-7-6-15-4-5-16-20(17,18)9-3-2-8(12)11(14)10(9)13/h2-3,15-16H,4-7H2,1H3. The van der Waals surface area contributed by atoms with Gasteiger partial charge in [-0.05, 0) is 12.1 Å². The summed E-state index contributed by atoms with van der Waals surface area (Å²) in [6, 6.07) is 2.31. The van der Waals surface area contributed by atoms with Gasteiger partial charge in [0.15, 0.2) is 5.82 Å². The Labute approximate surface area is 127 Å². The van der Waals surface area contributed by atoms with Crippen molar-refractivity contribution in [2.75, 3.05) is 33.4 Å². The molecule has 1 aromatic rings. The second kappa shape index (κ2) is 8.11. The van der Waals surface area contributed by atoms with Gasteiger partial charge in [0.2, 0.25) is 10.0 Å². The molecule has 2 N–H and O–H groups in total. The second-order valence-electron chi connectivity index (χ2n) is 3.81. The maximum Gasteiger partial charge on any atom is 0.242 e. The Morgan fingerprint density at radius 2 is 1.95 bits per heavy atom. The van der Waals surface area contributed by atoms with Crippen LogP contribution in [0.3, 0.4) is 0 Å². The van der Waals surface area contributed by atoms with Crippen molar-refractivity contribution >= 4 is 33.2 Å². The minimum absolute atomic E-state index is 0.145. The number of hydrogen-bond acceptors (Lipinski definition) is 4. The Bertz CT molecular complexity index is 555. The number of halogens is 3. The Kier molecular flexibility index (Phi) is 7.14. The van der Waals surface area contributed by atoms with Gasteiger partial charge in [-0.3, -0.25) is 0 Å². The van der Waals surface area contributed by atoms with Gasteiger partial charge < -0.3 is 10.1 Å². The molecule has 0 fully saturated rings. The van der Waals surface area contributed by atoms with Crippen molar-refractivity contribution < 1.29 is 17.5 Å². The highest BCUT2D eigenvalue weighted by Crippen LogP contribution is 2.29. The Balaban J connectivity index is 2.63. The van der Waals surface area contributed by atoms with Crippen molar-refractivity contribution in [2.24, 2.45) is 0 Å². The van der Waals surface area contributed by atoms with Crippen LogP contribution in [0.25, 0.3) is 0 Å². The smallest absolute Gasteiger partial charge is 0.242 e. The first-order chi connectivity index (χ1) is 9.40. The van der Waals surface area contributed by atoms with E-state index < -0.39 is 20.9 Å². The highest BCUT2D eigenvalue weighted by molar-refractivity contribution is 7.89. The molecule has 0 amide bonds. The largest absolute Gasteiger partial charge is 0.383 e. The van der Waals surface area contributed by atoms with E-state index in [4.69, 9.17) is 27.9 Å². The molecule has 0 heterocycles. The number of hydrogen-bond donors (Lipinski definition) is 2. The van der Waals surface area contributed by atoms with Crippen LogP contribution < -0.4 is 10.0 Å². The average Bonchev–Trinajstić information content (AvgIpc) is 2.39. The van der Waals surface area contributed by atoms with E-state index in [9.17, 15) is 12.8 Å². The summed E-state index contributed by atoms with van der Waals surface area (Å²) < 4.78 is 44.5. The molecule has 0 saturated heterocycles. The summed E-state index contributed by atoms with van der Waals surface area (Å²) in [7, 11) is -2.30. The van der Waals surface area contributed by atoms with Crippen LogP contribution in [0.5, 0.6) is 0 Å². The van der Waals surface area contributed by atoms with Crippen LogP contribution in [0, 0.1) is 5.82 Å². The van der Waals surface area contributed by atoms with E-state index in [1.807, 2.05) is 0 Å². The molecular weight excluding hydrogens is 330 g/mol. The first-order valence-electron chi connectivity index (χ1n) is 5.73. The molecule has 114 valence electrons. The summed E-state index contributed by atoms with van der Waals surface area (Å²) in [4.78, 5) is -0.335. The van der Waals surface area contributed by atoms with Crippen LogP contribution in [0.15, 0.2) is 17.0 Å². The zero-order chi connectivity index (χ0) is 15.2. The normalized spacial score (nSPS) is 11.8. The van der Waals surface area contributed by atoms with E-state index in [1.54, 1.807) is 7.11 Å². The van der Waals surface area contributed by atoms with Gasteiger partial charge in [0.1, 0.15) is 4.90 Å². The molecule has 0 aliphatic carbocycles. The molecule has 0 spiro atoms. The third kappa shape index (κ3) is 4.83. The average molecular weight is 345 g/mol. The lowest BCUT2D eigenvalue weighted by molar-refractivity contribution is 0.199. The van der Waals surface area contributed by atoms with Crippen LogP contribution in [-0.2, 0) is 14.8 Å². The van der Waals surface area contributed by atoms with Gasteiger partial charge in [-0.1, -0.05) is 23.2 Å². The van der Waals surface area contributed by atoms with Crippen LogP contribution in [-0.4, -0.2) is 41.8 Å². The molecule has 0 unspecified atom stereocenters. The summed E-state index contributed by atoms with van der Waals surface area (Å²) in [6.45, 7) is 1.69. The van der Waals surface area contributed by atoms with E-state index in [2.05, 4.69) is 10.0 Å². The molecule has 9 heteroatoms. The van der Waals surface area contributed by atoms with Crippen LogP contribution >= 0.6 is 23.2 Å². The van der Waals surface area contributed by atoms with Crippen molar-refractivity contribution in [2.45, 2.75) is 4.90 Å². The van der Waals surface area contributed by atoms with Crippen molar-refractivity contribution in [3.8, 4) is 0 Å². The quantitative estimate of drug-likeness (QED) is 0.555. The molecule has 0 aliphatic heterocycles. The number of ether oxygens (including phenoxy) is 1. The van der Waals surface area contributed by atoms with Gasteiger partial charge in [0, 0.05) is 26.7 Å². The summed E-state index contributed by atoms with van der Waals surface area (Å²) in [5, 5.41) is 2.22. The Morgan fingerprint density at radius 3 is 2.60 bits per heavy atom. The van der Waals surface area contributed by atoms with Crippen LogP contribution in [0.1, 0.15) is 0 Å². The molecule has 0 aromatic heterocycles. The van der Waals surface area contributed by atoms with Crippen LogP contribution in [0.4, 0.5) is 4.39 Å². The summed E-state index contributed by atoms with van der Waals surface area (Å²) in [6.07, 6.45) is 0. The van der Waals surface area contributed by atoms with E-state index in [0.29, 0.717) is 19.7 Å². The second-order valence-corrected chi connectivity index (χ2v) is 6.33. The number of benzene rings is 1. The molecule has 1 aromatic carbocycles. The topological polar surface area (TPSA) is 67.4 Å². The SMILES string of the molecule is COCCNCCNS(=O)(=O)c1ccc(Cl)c(F)c1Cl. The maximum absolute atomic E-state index is 13.5.